The van der Waals surface area contributed by atoms with E-state index in [0.717, 1.165) is 6.42 Å². The fraction of sp³-hybridized carbons (Fsp3) is 0.619. The van der Waals surface area contributed by atoms with Crippen LogP contribution < -0.4 is 10.6 Å². The number of aryl methyl sites for hydroxylation is 2. The van der Waals surface area contributed by atoms with Gasteiger partial charge in [-0.15, -0.1) is 0 Å². The minimum Gasteiger partial charge on any atom is -0.378 e. The first-order valence-electron chi connectivity index (χ1n) is 9.95. The van der Waals surface area contributed by atoms with Gasteiger partial charge in [0, 0.05) is 32.7 Å². The lowest BCUT2D eigenvalue weighted by Crippen LogP contribution is -2.51. The number of hydrogen-bond acceptors (Lipinski definition) is 4. The van der Waals surface area contributed by atoms with E-state index in [1.54, 1.807) is 0 Å². The molecule has 0 spiro atoms. The Hall–Kier alpha value is -1.92. The van der Waals surface area contributed by atoms with Gasteiger partial charge < -0.3 is 20.3 Å². The normalized spacial score (nSPS) is 23.1. The molecule has 2 heterocycles. The molecule has 1 aromatic rings. The quantitative estimate of drug-likeness (QED) is 0.809. The van der Waals surface area contributed by atoms with E-state index in [-0.39, 0.29) is 23.7 Å². The first kappa shape index (κ1) is 19.8. The number of rotatable bonds is 5. The third kappa shape index (κ3) is 5.30. The average molecular weight is 373 g/mol. The topological polar surface area (TPSA) is 70.7 Å². The molecule has 2 aliphatic rings. The van der Waals surface area contributed by atoms with Crippen molar-refractivity contribution in [3.8, 4) is 0 Å². The van der Waals surface area contributed by atoms with Crippen LogP contribution in [0.15, 0.2) is 18.2 Å². The number of morpholine rings is 1. The Balaban J connectivity index is 1.47. The SMILES string of the molecule is Cc1ccc(C)c(CCNC(=O)[C@H]2CNC[C@H](C(=O)N3CCOCC3)C2)c1. The maximum absolute atomic E-state index is 12.7. The summed E-state index contributed by atoms with van der Waals surface area (Å²) in [6.45, 7) is 8.63. The highest BCUT2D eigenvalue weighted by Crippen LogP contribution is 2.20. The van der Waals surface area contributed by atoms with Gasteiger partial charge in [-0.2, -0.15) is 0 Å². The number of benzene rings is 1. The Kier molecular flexibility index (Phi) is 6.85. The van der Waals surface area contributed by atoms with Gasteiger partial charge in [-0.3, -0.25) is 9.59 Å². The Morgan fingerprint density at radius 2 is 1.93 bits per heavy atom. The van der Waals surface area contributed by atoms with Crippen molar-refractivity contribution in [3.63, 3.8) is 0 Å². The van der Waals surface area contributed by atoms with Crippen molar-refractivity contribution >= 4 is 11.8 Å². The van der Waals surface area contributed by atoms with E-state index >= 15 is 0 Å². The second-order valence-corrected chi connectivity index (χ2v) is 7.70. The summed E-state index contributed by atoms with van der Waals surface area (Å²) in [6.07, 6.45) is 1.45. The number of nitrogens with one attached hydrogen (secondary N) is 2. The van der Waals surface area contributed by atoms with E-state index in [9.17, 15) is 9.59 Å². The summed E-state index contributed by atoms with van der Waals surface area (Å²) in [5.41, 5.74) is 3.77. The van der Waals surface area contributed by atoms with Crippen molar-refractivity contribution in [1.82, 2.24) is 15.5 Å². The number of amides is 2. The van der Waals surface area contributed by atoms with Gasteiger partial charge in [0.05, 0.1) is 25.0 Å². The molecule has 27 heavy (non-hydrogen) atoms. The molecule has 1 aromatic carbocycles. The zero-order valence-corrected chi connectivity index (χ0v) is 16.4. The molecule has 2 saturated heterocycles. The van der Waals surface area contributed by atoms with Gasteiger partial charge in [-0.25, -0.2) is 0 Å². The van der Waals surface area contributed by atoms with E-state index in [1.807, 2.05) is 4.90 Å². The van der Waals surface area contributed by atoms with E-state index in [2.05, 4.69) is 42.7 Å². The summed E-state index contributed by atoms with van der Waals surface area (Å²) in [5.74, 6) is -0.0649. The van der Waals surface area contributed by atoms with Crippen molar-refractivity contribution < 1.29 is 14.3 Å². The van der Waals surface area contributed by atoms with Crippen LogP contribution in [0.5, 0.6) is 0 Å². The number of piperidine rings is 1. The fourth-order valence-corrected chi connectivity index (χ4v) is 3.91. The van der Waals surface area contributed by atoms with Gasteiger partial charge in [0.25, 0.3) is 0 Å². The monoisotopic (exact) mass is 373 g/mol. The number of carbonyl (C=O) groups excluding carboxylic acids is 2. The predicted molar refractivity (Wildman–Crippen MR) is 104 cm³/mol. The zero-order valence-electron chi connectivity index (χ0n) is 16.4. The maximum Gasteiger partial charge on any atom is 0.227 e. The maximum atomic E-state index is 12.7. The predicted octanol–water partition coefficient (Wildman–Crippen LogP) is 1.05. The summed E-state index contributed by atoms with van der Waals surface area (Å²) < 4.78 is 5.32. The average Bonchev–Trinajstić information content (AvgIpc) is 2.70. The van der Waals surface area contributed by atoms with Gasteiger partial charge in [-0.05, 0) is 37.8 Å². The standard InChI is InChI=1S/C21H31N3O3/c1-15-3-4-16(2)17(11-15)5-6-23-20(25)18-12-19(14-22-13-18)21(26)24-7-9-27-10-8-24/h3-4,11,18-19,22H,5-10,12-14H2,1-2H3,(H,23,25)/t18-,19-/m1/s1. The van der Waals surface area contributed by atoms with E-state index in [1.165, 1.54) is 16.7 Å². The van der Waals surface area contributed by atoms with Gasteiger partial charge in [0.2, 0.25) is 11.8 Å². The molecule has 0 aliphatic carbocycles. The van der Waals surface area contributed by atoms with Gasteiger partial charge in [0.15, 0.2) is 0 Å². The molecule has 6 nitrogen and oxygen atoms in total. The molecule has 2 atom stereocenters. The van der Waals surface area contributed by atoms with Crippen LogP contribution in [0.4, 0.5) is 0 Å². The molecule has 2 amide bonds. The second kappa shape index (κ2) is 9.33. The van der Waals surface area contributed by atoms with Crippen molar-refractivity contribution in [2.45, 2.75) is 26.7 Å². The van der Waals surface area contributed by atoms with Crippen LogP contribution in [-0.2, 0) is 20.7 Å². The number of nitrogens with zero attached hydrogens (tertiary/aromatic N) is 1. The highest BCUT2D eigenvalue weighted by Gasteiger charge is 2.33. The van der Waals surface area contributed by atoms with Crippen LogP contribution in [0.25, 0.3) is 0 Å². The highest BCUT2D eigenvalue weighted by molar-refractivity contribution is 5.83. The number of ether oxygens (including phenoxy) is 1. The zero-order chi connectivity index (χ0) is 19.2. The smallest absolute Gasteiger partial charge is 0.227 e. The summed E-state index contributed by atoms with van der Waals surface area (Å²) in [4.78, 5) is 27.1. The van der Waals surface area contributed by atoms with Gasteiger partial charge >= 0.3 is 0 Å². The van der Waals surface area contributed by atoms with Crippen LogP contribution in [0, 0.1) is 25.7 Å². The van der Waals surface area contributed by atoms with E-state index < -0.39 is 0 Å². The van der Waals surface area contributed by atoms with Gasteiger partial charge in [-0.1, -0.05) is 23.8 Å². The lowest BCUT2D eigenvalue weighted by atomic mass is 9.88. The Morgan fingerprint density at radius 1 is 1.19 bits per heavy atom. The molecular formula is C21H31N3O3. The third-order valence-corrected chi connectivity index (χ3v) is 5.59. The molecule has 148 valence electrons. The molecular weight excluding hydrogens is 342 g/mol. The van der Waals surface area contributed by atoms with Gasteiger partial charge in [0.1, 0.15) is 0 Å². The Bertz CT molecular complexity index is 671. The van der Waals surface area contributed by atoms with E-state index in [0.29, 0.717) is 52.4 Å². The molecule has 2 N–H and O–H groups in total. The lowest BCUT2D eigenvalue weighted by molar-refractivity contribution is -0.141. The first-order chi connectivity index (χ1) is 13.0. The van der Waals surface area contributed by atoms with E-state index in [4.69, 9.17) is 4.74 Å². The number of hydrogen-bond donors (Lipinski definition) is 2. The molecule has 2 aliphatic heterocycles. The molecule has 0 saturated carbocycles. The first-order valence-corrected chi connectivity index (χ1v) is 9.95. The molecule has 2 fully saturated rings. The van der Waals surface area contributed by atoms with Crippen LogP contribution in [-0.4, -0.2) is 62.7 Å². The van der Waals surface area contributed by atoms with Crippen molar-refractivity contribution in [2.75, 3.05) is 45.9 Å². The summed E-state index contributed by atoms with van der Waals surface area (Å²) >= 11 is 0. The minimum atomic E-state index is -0.146. The summed E-state index contributed by atoms with van der Waals surface area (Å²) in [6, 6.07) is 6.41. The van der Waals surface area contributed by atoms with Crippen LogP contribution in [0.2, 0.25) is 0 Å². The third-order valence-electron chi connectivity index (χ3n) is 5.59. The lowest BCUT2D eigenvalue weighted by Gasteiger charge is -2.34. The molecule has 0 unspecified atom stereocenters. The summed E-state index contributed by atoms with van der Waals surface area (Å²) in [5, 5.41) is 6.33. The molecule has 3 rings (SSSR count). The summed E-state index contributed by atoms with van der Waals surface area (Å²) in [7, 11) is 0. The second-order valence-electron chi connectivity index (χ2n) is 7.70. The molecule has 0 aromatic heterocycles. The van der Waals surface area contributed by atoms with Crippen molar-refractivity contribution in [2.24, 2.45) is 11.8 Å². The molecule has 6 heteroatoms. The largest absolute Gasteiger partial charge is 0.378 e. The molecule has 0 radical (unpaired) electrons. The van der Waals surface area contributed by atoms with Crippen LogP contribution >= 0.6 is 0 Å². The van der Waals surface area contributed by atoms with Crippen LogP contribution in [0.1, 0.15) is 23.1 Å². The van der Waals surface area contributed by atoms with Crippen molar-refractivity contribution in [3.05, 3.63) is 34.9 Å². The Labute approximate surface area is 161 Å². The van der Waals surface area contributed by atoms with Crippen LogP contribution in [0.3, 0.4) is 0 Å². The molecule has 0 bridgehead atoms. The number of carbonyl (C=O) groups is 2. The fourth-order valence-electron chi connectivity index (χ4n) is 3.91. The highest BCUT2D eigenvalue weighted by atomic mass is 16.5. The minimum absolute atomic E-state index is 0.0484. The van der Waals surface area contributed by atoms with Crippen molar-refractivity contribution in [1.29, 1.82) is 0 Å². The Morgan fingerprint density at radius 3 is 2.70 bits per heavy atom.